The molecule has 0 heterocycles. The fraction of sp³-hybridized carbons (Fsp3) is 0.750. The lowest BCUT2D eigenvalue weighted by atomic mass is 10.3. The van der Waals surface area contributed by atoms with Crippen molar-refractivity contribution in [2.45, 2.75) is 26.3 Å². The summed E-state index contributed by atoms with van der Waals surface area (Å²) in [6.45, 7) is 4.18. The van der Waals surface area contributed by atoms with Crippen molar-refractivity contribution in [3.05, 3.63) is 0 Å². The molecule has 0 saturated heterocycles. The first-order chi connectivity index (χ1) is 5.67. The average Bonchev–Trinajstić information content (AvgIpc) is 2.11. The number of nitrogens with zero attached hydrogens (tertiary/aromatic N) is 1. The number of rotatable bonds is 5. The monoisotopic (exact) mass is 173 g/mol. The number of carbonyl (C=O) groups excluding carboxylic acids is 2. The molecule has 0 aliphatic carbocycles. The van der Waals surface area contributed by atoms with Crippen molar-refractivity contribution < 1.29 is 14.3 Å². The zero-order valence-electron chi connectivity index (χ0n) is 7.74. The fourth-order valence-electron chi connectivity index (χ4n) is 0.902. The predicted molar refractivity (Wildman–Crippen MR) is 44.5 cm³/mol. The van der Waals surface area contributed by atoms with Crippen LogP contribution >= 0.6 is 0 Å². The van der Waals surface area contributed by atoms with E-state index < -0.39 is 6.04 Å². The molecule has 0 radical (unpaired) electrons. The van der Waals surface area contributed by atoms with E-state index in [0.717, 1.165) is 6.42 Å². The van der Waals surface area contributed by atoms with Crippen molar-refractivity contribution >= 4 is 12.4 Å². The van der Waals surface area contributed by atoms with Gasteiger partial charge >= 0.3 is 5.97 Å². The number of hydrogen-bond donors (Lipinski definition) is 0. The van der Waals surface area contributed by atoms with E-state index in [2.05, 4.69) is 4.74 Å². The van der Waals surface area contributed by atoms with Gasteiger partial charge in [0.25, 0.3) is 0 Å². The Labute approximate surface area is 72.5 Å². The van der Waals surface area contributed by atoms with Gasteiger partial charge in [0, 0.05) is 6.54 Å². The lowest BCUT2D eigenvalue weighted by molar-refractivity contribution is -0.148. The van der Waals surface area contributed by atoms with E-state index in [4.69, 9.17) is 0 Å². The van der Waals surface area contributed by atoms with Gasteiger partial charge in [-0.2, -0.15) is 0 Å². The molecule has 1 unspecified atom stereocenters. The first kappa shape index (κ1) is 10.9. The Kier molecular flexibility index (Phi) is 5.08. The molecule has 0 aromatic carbocycles. The van der Waals surface area contributed by atoms with Crippen molar-refractivity contribution in [1.82, 2.24) is 4.90 Å². The maximum atomic E-state index is 11.0. The zero-order valence-corrected chi connectivity index (χ0v) is 7.74. The van der Waals surface area contributed by atoms with Crippen LogP contribution in [-0.4, -0.2) is 37.0 Å². The molecule has 0 aliphatic rings. The molecule has 0 spiro atoms. The highest BCUT2D eigenvalue weighted by Gasteiger charge is 2.19. The summed E-state index contributed by atoms with van der Waals surface area (Å²) in [5.41, 5.74) is 0. The molecular formula is C8H15NO3. The molecule has 0 aromatic heterocycles. The molecule has 0 rings (SSSR count). The number of methoxy groups -OCH3 is 1. The molecule has 0 saturated carbocycles. The number of amides is 1. The summed E-state index contributed by atoms with van der Waals surface area (Å²) in [6, 6.07) is -0.479. The van der Waals surface area contributed by atoms with Gasteiger partial charge in [-0.3, -0.25) is 4.79 Å². The minimum absolute atomic E-state index is 0.379. The lowest BCUT2D eigenvalue weighted by Gasteiger charge is -2.21. The normalized spacial score (nSPS) is 11.9. The number of carbonyl (C=O) groups is 2. The molecule has 12 heavy (non-hydrogen) atoms. The second-order valence-electron chi connectivity index (χ2n) is 2.54. The zero-order chi connectivity index (χ0) is 9.56. The smallest absolute Gasteiger partial charge is 0.328 e. The highest BCUT2D eigenvalue weighted by molar-refractivity contribution is 5.77. The van der Waals surface area contributed by atoms with Crippen LogP contribution in [0, 0.1) is 0 Å². The Hall–Kier alpha value is -1.06. The molecule has 0 N–H and O–H groups in total. The van der Waals surface area contributed by atoms with Gasteiger partial charge in [0.1, 0.15) is 6.04 Å². The van der Waals surface area contributed by atoms with Crippen LogP contribution in [0.4, 0.5) is 0 Å². The van der Waals surface area contributed by atoms with Crippen molar-refractivity contribution in [2.24, 2.45) is 0 Å². The molecule has 70 valence electrons. The summed E-state index contributed by atoms with van der Waals surface area (Å²) in [4.78, 5) is 22.9. The molecule has 4 nitrogen and oxygen atoms in total. The Morgan fingerprint density at radius 2 is 2.25 bits per heavy atom. The summed E-state index contributed by atoms with van der Waals surface area (Å²) in [5, 5.41) is 0. The van der Waals surface area contributed by atoms with Gasteiger partial charge in [-0.05, 0) is 13.3 Å². The van der Waals surface area contributed by atoms with Crippen molar-refractivity contribution in [1.29, 1.82) is 0 Å². The van der Waals surface area contributed by atoms with Crippen LogP contribution in [0.25, 0.3) is 0 Å². The first-order valence-corrected chi connectivity index (χ1v) is 3.96. The van der Waals surface area contributed by atoms with E-state index in [9.17, 15) is 9.59 Å². The standard InChI is InChI=1S/C8H15NO3/c1-4-5-9(6-10)7(2)8(11)12-3/h6-7H,4-5H2,1-3H3. The van der Waals surface area contributed by atoms with Crippen LogP contribution in [-0.2, 0) is 14.3 Å². The Morgan fingerprint density at radius 3 is 2.58 bits per heavy atom. The average molecular weight is 173 g/mol. The van der Waals surface area contributed by atoms with Crippen LogP contribution in [0.3, 0.4) is 0 Å². The van der Waals surface area contributed by atoms with Crippen molar-refractivity contribution in [3.8, 4) is 0 Å². The minimum atomic E-state index is -0.479. The van der Waals surface area contributed by atoms with Crippen molar-refractivity contribution in [2.75, 3.05) is 13.7 Å². The summed E-state index contributed by atoms with van der Waals surface area (Å²) >= 11 is 0. The van der Waals surface area contributed by atoms with E-state index in [1.807, 2.05) is 6.92 Å². The van der Waals surface area contributed by atoms with Gasteiger partial charge in [0.2, 0.25) is 6.41 Å². The summed E-state index contributed by atoms with van der Waals surface area (Å²) in [5.74, 6) is -0.379. The largest absolute Gasteiger partial charge is 0.467 e. The lowest BCUT2D eigenvalue weighted by Crippen LogP contribution is -2.39. The minimum Gasteiger partial charge on any atom is -0.467 e. The topological polar surface area (TPSA) is 46.6 Å². The quantitative estimate of drug-likeness (QED) is 0.447. The molecule has 1 amide bonds. The molecule has 4 heteroatoms. The first-order valence-electron chi connectivity index (χ1n) is 3.96. The molecule has 0 fully saturated rings. The van der Waals surface area contributed by atoms with Crippen LogP contribution in [0.1, 0.15) is 20.3 Å². The highest BCUT2D eigenvalue weighted by Crippen LogP contribution is 1.98. The van der Waals surface area contributed by atoms with Gasteiger partial charge in [0.05, 0.1) is 7.11 Å². The van der Waals surface area contributed by atoms with E-state index in [1.54, 1.807) is 6.92 Å². The number of hydrogen-bond acceptors (Lipinski definition) is 3. The van der Waals surface area contributed by atoms with Crippen LogP contribution in [0.2, 0.25) is 0 Å². The van der Waals surface area contributed by atoms with Crippen molar-refractivity contribution in [3.63, 3.8) is 0 Å². The summed E-state index contributed by atoms with van der Waals surface area (Å²) < 4.78 is 4.50. The Balaban J connectivity index is 4.09. The Bertz CT molecular complexity index is 158. The van der Waals surface area contributed by atoms with Crippen LogP contribution in [0.5, 0.6) is 0 Å². The van der Waals surface area contributed by atoms with Gasteiger partial charge < -0.3 is 9.64 Å². The molecule has 1 atom stereocenters. The molecular weight excluding hydrogens is 158 g/mol. The second-order valence-corrected chi connectivity index (χ2v) is 2.54. The SMILES string of the molecule is CCCN(C=O)C(C)C(=O)OC. The maximum Gasteiger partial charge on any atom is 0.328 e. The molecule has 0 aliphatic heterocycles. The van der Waals surface area contributed by atoms with E-state index in [-0.39, 0.29) is 5.97 Å². The van der Waals surface area contributed by atoms with Gasteiger partial charge in [-0.1, -0.05) is 6.92 Å². The van der Waals surface area contributed by atoms with Gasteiger partial charge in [0.15, 0.2) is 0 Å². The van der Waals surface area contributed by atoms with E-state index in [0.29, 0.717) is 13.0 Å². The Morgan fingerprint density at radius 1 is 1.67 bits per heavy atom. The van der Waals surface area contributed by atoms with Crippen LogP contribution in [0.15, 0.2) is 0 Å². The number of ether oxygens (including phenoxy) is 1. The predicted octanol–water partition coefficient (Wildman–Crippen LogP) is 0.416. The fourth-order valence-corrected chi connectivity index (χ4v) is 0.902. The van der Waals surface area contributed by atoms with Crippen LogP contribution < -0.4 is 0 Å². The summed E-state index contributed by atoms with van der Waals surface area (Å²) in [7, 11) is 1.31. The molecule has 0 bridgehead atoms. The van der Waals surface area contributed by atoms with Gasteiger partial charge in [-0.15, -0.1) is 0 Å². The third-order valence-electron chi connectivity index (χ3n) is 1.66. The van der Waals surface area contributed by atoms with Gasteiger partial charge in [-0.25, -0.2) is 4.79 Å². The number of esters is 1. The highest BCUT2D eigenvalue weighted by atomic mass is 16.5. The van der Waals surface area contributed by atoms with E-state index >= 15 is 0 Å². The molecule has 0 aromatic rings. The third-order valence-corrected chi connectivity index (χ3v) is 1.66. The maximum absolute atomic E-state index is 11.0. The second kappa shape index (κ2) is 5.57. The van der Waals surface area contributed by atoms with E-state index in [1.165, 1.54) is 12.0 Å². The summed E-state index contributed by atoms with van der Waals surface area (Å²) in [6.07, 6.45) is 1.51. The third kappa shape index (κ3) is 2.90.